The minimum Gasteiger partial charge on any atom is -0.453 e. The molecule has 1 aliphatic rings. The number of esters is 1. The molecule has 0 aromatic carbocycles. The lowest BCUT2D eigenvalue weighted by Crippen LogP contribution is -2.48. The lowest BCUT2D eigenvalue weighted by Gasteiger charge is -2.41. The van der Waals surface area contributed by atoms with Crippen molar-refractivity contribution in [3.63, 3.8) is 0 Å². The second-order valence-corrected chi connectivity index (χ2v) is 5.10. The molecule has 1 saturated carbocycles. The van der Waals surface area contributed by atoms with Crippen LogP contribution in [-0.4, -0.2) is 22.8 Å². The van der Waals surface area contributed by atoms with Crippen LogP contribution in [0.3, 0.4) is 0 Å². The van der Waals surface area contributed by atoms with E-state index in [2.05, 4.69) is 13.5 Å². The van der Waals surface area contributed by atoms with Crippen LogP contribution in [-0.2, 0) is 9.53 Å². The standard InChI is InChI=1S/C14H24O3/c1-4-5-9-14(17-13(16)11(2)3)10-7-6-8-12(14)15/h12,15H,2,4-10H2,1,3H3. The Hall–Kier alpha value is -0.830. The van der Waals surface area contributed by atoms with E-state index in [1.807, 2.05) is 0 Å². The molecular weight excluding hydrogens is 216 g/mol. The van der Waals surface area contributed by atoms with E-state index in [0.717, 1.165) is 44.9 Å². The van der Waals surface area contributed by atoms with Gasteiger partial charge in [0.05, 0.1) is 6.10 Å². The van der Waals surface area contributed by atoms with E-state index < -0.39 is 11.7 Å². The Morgan fingerprint density at radius 2 is 2.24 bits per heavy atom. The van der Waals surface area contributed by atoms with E-state index in [1.165, 1.54) is 0 Å². The summed E-state index contributed by atoms with van der Waals surface area (Å²) in [6, 6.07) is 0. The first-order chi connectivity index (χ1) is 8.02. The molecule has 0 amide bonds. The van der Waals surface area contributed by atoms with Gasteiger partial charge in [-0.2, -0.15) is 0 Å². The average molecular weight is 240 g/mol. The fourth-order valence-electron chi connectivity index (χ4n) is 2.40. The molecular formula is C14H24O3. The Morgan fingerprint density at radius 1 is 1.53 bits per heavy atom. The summed E-state index contributed by atoms with van der Waals surface area (Å²) in [5.74, 6) is -0.373. The van der Waals surface area contributed by atoms with Gasteiger partial charge in [0.1, 0.15) is 5.60 Å². The highest BCUT2D eigenvalue weighted by Crippen LogP contribution is 2.36. The minimum atomic E-state index is -0.662. The Bertz CT molecular complexity index is 285. The lowest BCUT2D eigenvalue weighted by molar-refractivity contribution is -0.177. The smallest absolute Gasteiger partial charge is 0.333 e. The van der Waals surface area contributed by atoms with Gasteiger partial charge in [-0.05, 0) is 39.0 Å². The Labute approximate surface area is 104 Å². The zero-order valence-corrected chi connectivity index (χ0v) is 11.0. The molecule has 0 aromatic rings. The van der Waals surface area contributed by atoms with Gasteiger partial charge in [0.2, 0.25) is 0 Å². The molecule has 0 heterocycles. The van der Waals surface area contributed by atoms with Crippen LogP contribution < -0.4 is 0 Å². The van der Waals surface area contributed by atoms with Crippen molar-refractivity contribution >= 4 is 5.97 Å². The number of hydrogen-bond donors (Lipinski definition) is 1. The summed E-state index contributed by atoms with van der Waals surface area (Å²) in [5, 5.41) is 10.2. The summed E-state index contributed by atoms with van der Waals surface area (Å²) in [5.41, 5.74) is -0.261. The predicted octanol–water partition coefficient (Wildman–Crippen LogP) is 2.97. The lowest BCUT2D eigenvalue weighted by atomic mass is 9.78. The van der Waals surface area contributed by atoms with Gasteiger partial charge in [0.15, 0.2) is 0 Å². The molecule has 3 heteroatoms. The van der Waals surface area contributed by atoms with E-state index in [9.17, 15) is 9.90 Å². The van der Waals surface area contributed by atoms with Crippen molar-refractivity contribution in [2.45, 2.75) is 70.5 Å². The molecule has 0 aliphatic heterocycles. The molecule has 0 spiro atoms. The number of carbonyl (C=O) groups excluding carboxylic acids is 1. The summed E-state index contributed by atoms with van der Waals surface area (Å²) in [7, 11) is 0. The van der Waals surface area contributed by atoms with Crippen LogP contribution in [0.25, 0.3) is 0 Å². The second kappa shape index (κ2) is 6.20. The fraction of sp³-hybridized carbons (Fsp3) is 0.786. The first-order valence-electron chi connectivity index (χ1n) is 6.59. The van der Waals surface area contributed by atoms with Gasteiger partial charge < -0.3 is 9.84 Å². The molecule has 0 aromatic heterocycles. The predicted molar refractivity (Wildman–Crippen MR) is 67.6 cm³/mol. The Morgan fingerprint density at radius 3 is 2.76 bits per heavy atom. The largest absolute Gasteiger partial charge is 0.453 e. The number of aliphatic hydroxyl groups excluding tert-OH is 1. The summed E-state index contributed by atoms with van der Waals surface area (Å²) < 4.78 is 5.57. The van der Waals surface area contributed by atoms with Crippen molar-refractivity contribution in [1.82, 2.24) is 0 Å². The highest BCUT2D eigenvalue weighted by Gasteiger charge is 2.42. The highest BCUT2D eigenvalue weighted by molar-refractivity contribution is 5.87. The monoisotopic (exact) mass is 240 g/mol. The zero-order chi connectivity index (χ0) is 12.9. The number of hydrogen-bond acceptors (Lipinski definition) is 3. The molecule has 2 unspecified atom stereocenters. The van der Waals surface area contributed by atoms with Crippen LogP contribution in [0.5, 0.6) is 0 Å². The van der Waals surface area contributed by atoms with Crippen LogP contribution in [0, 0.1) is 0 Å². The molecule has 1 rings (SSSR count). The van der Waals surface area contributed by atoms with Crippen molar-refractivity contribution in [2.75, 3.05) is 0 Å². The van der Waals surface area contributed by atoms with Crippen LogP contribution in [0.4, 0.5) is 0 Å². The van der Waals surface area contributed by atoms with Gasteiger partial charge in [-0.3, -0.25) is 0 Å². The zero-order valence-electron chi connectivity index (χ0n) is 11.0. The molecule has 2 atom stereocenters. The molecule has 1 fully saturated rings. The summed E-state index contributed by atoms with van der Waals surface area (Å²) in [4.78, 5) is 11.7. The Kier molecular flexibility index (Phi) is 5.19. The maximum atomic E-state index is 11.7. The second-order valence-electron chi connectivity index (χ2n) is 5.10. The Balaban J connectivity index is 2.76. The van der Waals surface area contributed by atoms with Crippen molar-refractivity contribution in [3.05, 3.63) is 12.2 Å². The third-order valence-electron chi connectivity index (χ3n) is 3.53. The molecule has 0 radical (unpaired) electrons. The van der Waals surface area contributed by atoms with Gasteiger partial charge in [-0.15, -0.1) is 0 Å². The third-order valence-corrected chi connectivity index (χ3v) is 3.53. The summed E-state index contributed by atoms with van der Waals surface area (Å²) in [6.07, 6.45) is 5.78. The maximum absolute atomic E-state index is 11.7. The molecule has 0 bridgehead atoms. The maximum Gasteiger partial charge on any atom is 0.333 e. The number of ether oxygens (including phenoxy) is 1. The number of carbonyl (C=O) groups is 1. The third kappa shape index (κ3) is 3.56. The SMILES string of the molecule is C=C(C)C(=O)OC1(CCCC)CCCCC1O. The van der Waals surface area contributed by atoms with Crippen molar-refractivity contribution in [1.29, 1.82) is 0 Å². The summed E-state index contributed by atoms with van der Waals surface area (Å²) >= 11 is 0. The first-order valence-corrected chi connectivity index (χ1v) is 6.59. The van der Waals surface area contributed by atoms with Gasteiger partial charge in [0.25, 0.3) is 0 Å². The van der Waals surface area contributed by atoms with Crippen LogP contribution >= 0.6 is 0 Å². The molecule has 0 saturated heterocycles. The van der Waals surface area contributed by atoms with Crippen LogP contribution in [0.15, 0.2) is 12.2 Å². The molecule has 1 aliphatic carbocycles. The first kappa shape index (κ1) is 14.2. The van der Waals surface area contributed by atoms with E-state index in [4.69, 9.17) is 4.74 Å². The molecule has 98 valence electrons. The average Bonchev–Trinajstić information content (AvgIpc) is 2.30. The van der Waals surface area contributed by atoms with E-state index in [0.29, 0.717) is 5.57 Å². The van der Waals surface area contributed by atoms with Crippen LogP contribution in [0.1, 0.15) is 58.8 Å². The molecule has 17 heavy (non-hydrogen) atoms. The van der Waals surface area contributed by atoms with Crippen molar-refractivity contribution < 1.29 is 14.6 Å². The van der Waals surface area contributed by atoms with Crippen molar-refractivity contribution in [3.8, 4) is 0 Å². The highest BCUT2D eigenvalue weighted by atomic mass is 16.6. The topological polar surface area (TPSA) is 46.5 Å². The molecule has 3 nitrogen and oxygen atoms in total. The van der Waals surface area contributed by atoms with Gasteiger partial charge >= 0.3 is 5.97 Å². The van der Waals surface area contributed by atoms with E-state index in [-0.39, 0.29) is 5.97 Å². The fourth-order valence-corrected chi connectivity index (χ4v) is 2.40. The normalized spacial score (nSPS) is 28.8. The van der Waals surface area contributed by atoms with Gasteiger partial charge in [0, 0.05) is 5.57 Å². The number of rotatable bonds is 5. The summed E-state index contributed by atoms with van der Waals surface area (Å²) in [6.45, 7) is 7.35. The van der Waals surface area contributed by atoms with E-state index in [1.54, 1.807) is 6.92 Å². The van der Waals surface area contributed by atoms with Gasteiger partial charge in [-0.1, -0.05) is 26.3 Å². The quantitative estimate of drug-likeness (QED) is 0.593. The van der Waals surface area contributed by atoms with E-state index >= 15 is 0 Å². The molecule has 1 N–H and O–H groups in total. The number of aliphatic hydroxyl groups is 1. The van der Waals surface area contributed by atoms with Gasteiger partial charge in [-0.25, -0.2) is 4.79 Å². The van der Waals surface area contributed by atoms with Crippen LogP contribution in [0.2, 0.25) is 0 Å². The van der Waals surface area contributed by atoms with Crippen molar-refractivity contribution in [2.24, 2.45) is 0 Å². The minimum absolute atomic E-state index is 0.373. The number of unbranched alkanes of at least 4 members (excludes halogenated alkanes) is 1.